The summed E-state index contributed by atoms with van der Waals surface area (Å²) in [5.41, 5.74) is 11.2. The van der Waals surface area contributed by atoms with Crippen LogP contribution in [0.4, 0.5) is 5.82 Å². The van der Waals surface area contributed by atoms with Gasteiger partial charge in [0.15, 0.2) is 5.82 Å². The summed E-state index contributed by atoms with van der Waals surface area (Å²) >= 11 is 0. The Balaban J connectivity index is 2.15. The van der Waals surface area contributed by atoms with Crippen LogP contribution in [0.25, 0.3) is 11.1 Å². The molecule has 0 bridgehead atoms. The largest absolute Gasteiger partial charge is 0.382 e. The van der Waals surface area contributed by atoms with Gasteiger partial charge in [0.25, 0.3) is 0 Å². The van der Waals surface area contributed by atoms with Crippen LogP contribution in [0, 0.1) is 6.92 Å². The molecule has 1 aliphatic rings. The van der Waals surface area contributed by atoms with Crippen molar-refractivity contribution in [3.8, 4) is 11.1 Å². The first-order valence-corrected chi connectivity index (χ1v) is 7.58. The molecule has 1 aromatic carbocycles. The van der Waals surface area contributed by atoms with E-state index in [9.17, 15) is 0 Å². The summed E-state index contributed by atoms with van der Waals surface area (Å²) in [6.45, 7) is 4.40. The maximum Gasteiger partial charge on any atom is 0.153 e. The number of nitrogens with two attached hydrogens (primary N) is 1. The van der Waals surface area contributed by atoms with Gasteiger partial charge in [-0.1, -0.05) is 49.6 Å². The molecule has 0 radical (unpaired) electrons. The van der Waals surface area contributed by atoms with Crippen molar-refractivity contribution in [3.63, 3.8) is 0 Å². The third-order valence-corrected chi connectivity index (χ3v) is 4.87. The highest BCUT2D eigenvalue weighted by molar-refractivity contribution is 5.77. The Morgan fingerprint density at radius 3 is 2.70 bits per heavy atom. The number of hydrogen-bond acceptors (Lipinski definition) is 2. The molecular weight excluding hydrogens is 246 g/mol. The van der Waals surface area contributed by atoms with Gasteiger partial charge in [-0.05, 0) is 31.7 Å². The number of nitrogens with zero attached hydrogens (tertiary/aromatic N) is 1. The van der Waals surface area contributed by atoms with Gasteiger partial charge in [-0.2, -0.15) is 5.10 Å². The average Bonchev–Trinajstić information content (AvgIpc) is 3.06. The van der Waals surface area contributed by atoms with Crippen molar-refractivity contribution in [2.24, 2.45) is 0 Å². The minimum atomic E-state index is 0.240. The van der Waals surface area contributed by atoms with Gasteiger partial charge >= 0.3 is 0 Å². The molecule has 0 spiro atoms. The summed E-state index contributed by atoms with van der Waals surface area (Å²) in [4.78, 5) is 0. The number of H-pyrrole nitrogens is 1. The van der Waals surface area contributed by atoms with Gasteiger partial charge in [-0.15, -0.1) is 0 Å². The minimum absolute atomic E-state index is 0.240. The number of anilines is 1. The lowest BCUT2D eigenvalue weighted by atomic mass is 9.77. The summed E-state index contributed by atoms with van der Waals surface area (Å²) in [5, 5.41) is 7.56. The second-order valence-electron chi connectivity index (χ2n) is 6.07. The van der Waals surface area contributed by atoms with Crippen molar-refractivity contribution < 1.29 is 0 Å². The molecule has 3 nitrogen and oxygen atoms in total. The molecule has 106 valence electrons. The lowest BCUT2D eigenvalue weighted by molar-refractivity contribution is 0.413. The van der Waals surface area contributed by atoms with Crippen molar-refractivity contribution in [2.75, 3.05) is 5.73 Å². The normalized spacial score (nSPS) is 17.5. The van der Waals surface area contributed by atoms with Crippen LogP contribution in [-0.2, 0) is 5.41 Å². The van der Waals surface area contributed by atoms with Crippen LogP contribution in [0.15, 0.2) is 24.3 Å². The third kappa shape index (κ3) is 2.01. The maximum absolute atomic E-state index is 6.16. The summed E-state index contributed by atoms with van der Waals surface area (Å²) in [5.74, 6) is 0.630. The van der Waals surface area contributed by atoms with Crippen molar-refractivity contribution in [1.82, 2.24) is 10.2 Å². The van der Waals surface area contributed by atoms with Crippen LogP contribution < -0.4 is 5.73 Å². The fourth-order valence-electron chi connectivity index (χ4n) is 3.66. The summed E-state index contributed by atoms with van der Waals surface area (Å²) in [7, 11) is 0. The van der Waals surface area contributed by atoms with Crippen LogP contribution in [0.1, 0.15) is 50.3 Å². The molecule has 1 heterocycles. The molecule has 20 heavy (non-hydrogen) atoms. The number of benzene rings is 1. The van der Waals surface area contributed by atoms with Gasteiger partial charge in [0.2, 0.25) is 0 Å². The van der Waals surface area contributed by atoms with E-state index in [1.54, 1.807) is 0 Å². The molecule has 0 saturated heterocycles. The molecule has 2 aromatic rings. The Labute approximate surface area is 120 Å². The molecule has 0 unspecified atom stereocenters. The number of aromatic amines is 1. The standard InChI is InChI=1S/C17H23N3/c1-3-17(9-4-5-10-17)15-14(16(18)20-19-15)13-8-6-7-12(2)11-13/h6-8,11H,3-5,9-10H2,1-2H3,(H3,18,19,20). The lowest BCUT2D eigenvalue weighted by Gasteiger charge is -2.27. The quantitative estimate of drug-likeness (QED) is 0.877. The van der Waals surface area contributed by atoms with E-state index >= 15 is 0 Å². The van der Waals surface area contributed by atoms with Crippen molar-refractivity contribution in [1.29, 1.82) is 0 Å². The first-order valence-electron chi connectivity index (χ1n) is 7.58. The SMILES string of the molecule is CCC1(c2[nH]nc(N)c2-c2cccc(C)c2)CCCC1. The Kier molecular flexibility index (Phi) is 3.28. The molecule has 0 atom stereocenters. The predicted molar refractivity (Wildman–Crippen MR) is 83.6 cm³/mol. The second-order valence-corrected chi connectivity index (χ2v) is 6.07. The second kappa shape index (κ2) is 4.97. The van der Waals surface area contributed by atoms with Gasteiger partial charge in [-0.25, -0.2) is 0 Å². The van der Waals surface area contributed by atoms with Crippen molar-refractivity contribution in [3.05, 3.63) is 35.5 Å². The number of hydrogen-bond donors (Lipinski definition) is 2. The lowest BCUT2D eigenvalue weighted by Crippen LogP contribution is -2.22. The Morgan fingerprint density at radius 2 is 2.05 bits per heavy atom. The highest BCUT2D eigenvalue weighted by Gasteiger charge is 2.38. The molecule has 0 aliphatic heterocycles. The van der Waals surface area contributed by atoms with Gasteiger partial charge < -0.3 is 5.73 Å². The van der Waals surface area contributed by atoms with E-state index in [2.05, 4.69) is 48.3 Å². The first-order chi connectivity index (χ1) is 9.66. The maximum atomic E-state index is 6.16. The topological polar surface area (TPSA) is 54.7 Å². The monoisotopic (exact) mass is 269 g/mol. The van der Waals surface area contributed by atoms with Crippen LogP contribution in [-0.4, -0.2) is 10.2 Å². The minimum Gasteiger partial charge on any atom is -0.382 e. The zero-order chi connectivity index (χ0) is 14.2. The highest BCUT2D eigenvalue weighted by Crippen LogP contribution is 2.47. The van der Waals surface area contributed by atoms with Crippen LogP contribution in [0.2, 0.25) is 0 Å². The van der Waals surface area contributed by atoms with Gasteiger partial charge in [0, 0.05) is 11.0 Å². The van der Waals surface area contributed by atoms with E-state index in [4.69, 9.17) is 5.73 Å². The molecule has 1 aliphatic carbocycles. The fraction of sp³-hybridized carbons (Fsp3) is 0.471. The number of nitrogen functional groups attached to an aromatic ring is 1. The van der Waals surface area contributed by atoms with Crippen LogP contribution in [0.3, 0.4) is 0 Å². The zero-order valence-corrected chi connectivity index (χ0v) is 12.4. The van der Waals surface area contributed by atoms with E-state index in [1.165, 1.54) is 42.5 Å². The molecule has 3 heteroatoms. The molecule has 1 aromatic heterocycles. The number of nitrogens with one attached hydrogen (secondary N) is 1. The number of aryl methyl sites for hydroxylation is 1. The smallest absolute Gasteiger partial charge is 0.153 e. The number of rotatable bonds is 3. The molecular formula is C17H23N3. The van der Waals surface area contributed by atoms with E-state index < -0.39 is 0 Å². The summed E-state index contributed by atoms with van der Waals surface area (Å²) < 4.78 is 0. The highest BCUT2D eigenvalue weighted by atomic mass is 15.2. The molecule has 1 saturated carbocycles. The average molecular weight is 269 g/mol. The first kappa shape index (κ1) is 13.2. The van der Waals surface area contributed by atoms with Gasteiger partial charge in [0.1, 0.15) is 0 Å². The zero-order valence-electron chi connectivity index (χ0n) is 12.4. The van der Waals surface area contributed by atoms with Gasteiger partial charge in [-0.3, -0.25) is 5.10 Å². The Morgan fingerprint density at radius 1 is 1.30 bits per heavy atom. The fourth-order valence-corrected chi connectivity index (χ4v) is 3.66. The van der Waals surface area contributed by atoms with Crippen LogP contribution >= 0.6 is 0 Å². The predicted octanol–water partition coefficient (Wildman–Crippen LogP) is 4.19. The van der Waals surface area contributed by atoms with E-state index in [1.807, 2.05) is 0 Å². The van der Waals surface area contributed by atoms with E-state index in [-0.39, 0.29) is 5.41 Å². The van der Waals surface area contributed by atoms with Gasteiger partial charge in [0.05, 0.1) is 5.69 Å². The number of aromatic nitrogens is 2. The Hall–Kier alpha value is -1.77. The van der Waals surface area contributed by atoms with Crippen molar-refractivity contribution >= 4 is 5.82 Å². The van der Waals surface area contributed by atoms with E-state index in [0.717, 1.165) is 12.0 Å². The van der Waals surface area contributed by atoms with E-state index in [0.29, 0.717) is 5.82 Å². The summed E-state index contributed by atoms with van der Waals surface area (Å²) in [6, 6.07) is 8.54. The summed E-state index contributed by atoms with van der Waals surface area (Å²) in [6.07, 6.45) is 6.24. The van der Waals surface area contributed by atoms with Crippen LogP contribution in [0.5, 0.6) is 0 Å². The Bertz CT molecular complexity index is 606. The molecule has 1 fully saturated rings. The third-order valence-electron chi connectivity index (χ3n) is 4.87. The molecule has 3 N–H and O–H groups in total. The molecule has 3 rings (SSSR count). The van der Waals surface area contributed by atoms with Crippen molar-refractivity contribution in [2.45, 2.75) is 51.4 Å². The molecule has 0 amide bonds.